The number of nitrogens with zero attached hydrogens (tertiary/aromatic N) is 3. The molecule has 0 bridgehead atoms. The molecule has 1 unspecified atom stereocenters. The summed E-state index contributed by atoms with van der Waals surface area (Å²) in [5.41, 5.74) is 5.74. The monoisotopic (exact) mass is 377 g/mol. The summed E-state index contributed by atoms with van der Waals surface area (Å²) in [4.78, 5) is 12.4. The van der Waals surface area contributed by atoms with Crippen LogP contribution in [0.5, 0.6) is 0 Å². The third-order valence-electron chi connectivity index (χ3n) is 6.48. The Labute approximate surface area is 165 Å². The number of rotatable bonds is 3. The number of hydrogen-bond acceptors (Lipinski definition) is 4. The van der Waals surface area contributed by atoms with Crippen molar-refractivity contribution in [1.29, 1.82) is 0 Å². The molecule has 0 N–H and O–H groups in total. The van der Waals surface area contributed by atoms with Gasteiger partial charge < -0.3 is 0 Å². The molecule has 1 aliphatic heterocycles. The summed E-state index contributed by atoms with van der Waals surface area (Å²) >= 11 is 1.89. The van der Waals surface area contributed by atoms with Gasteiger partial charge in [-0.3, -0.25) is 9.88 Å². The molecule has 3 aromatic rings. The summed E-state index contributed by atoms with van der Waals surface area (Å²) in [5, 5.41) is 1.34. The fourth-order valence-electron chi connectivity index (χ4n) is 4.84. The highest BCUT2D eigenvalue weighted by molar-refractivity contribution is 7.18. The Kier molecular flexibility index (Phi) is 4.29. The van der Waals surface area contributed by atoms with E-state index in [0.717, 1.165) is 29.0 Å². The van der Waals surface area contributed by atoms with Crippen molar-refractivity contribution in [1.82, 2.24) is 14.9 Å². The van der Waals surface area contributed by atoms with Gasteiger partial charge in [-0.2, -0.15) is 0 Å². The van der Waals surface area contributed by atoms with Gasteiger partial charge in [0.25, 0.3) is 0 Å². The minimum Gasteiger partial charge on any atom is -0.298 e. The predicted molar refractivity (Wildman–Crippen MR) is 113 cm³/mol. The van der Waals surface area contributed by atoms with Crippen LogP contribution in [0.15, 0.2) is 30.3 Å². The minimum absolute atomic E-state index is 0.659. The Morgan fingerprint density at radius 2 is 1.93 bits per heavy atom. The molecule has 4 heteroatoms. The summed E-state index contributed by atoms with van der Waals surface area (Å²) in [5.74, 6) is 0.659. The number of fused-ring (bicyclic) bond motifs is 1. The Morgan fingerprint density at radius 1 is 1.07 bits per heavy atom. The second-order valence-electron chi connectivity index (χ2n) is 8.37. The maximum Gasteiger partial charge on any atom is 0.0970 e. The van der Waals surface area contributed by atoms with Crippen LogP contribution >= 0.6 is 11.3 Å². The van der Waals surface area contributed by atoms with E-state index in [1.165, 1.54) is 53.1 Å². The molecular formula is C23H27N3S. The van der Waals surface area contributed by atoms with Crippen molar-refractivity contribution in [3.05, 3.63) is 46.7 Å². The van der Waals surface area contributed by atoms with E-state index in [0.29, 0.717) is 5.92 Å². The zero-order valence-electron chi connectivity index (χ0n) is 16.4. The fourth-order valence-corrected chi connectivity index (χ4v) is 5.91. The van der Waals surface area contributed by atoms with Gasteiger partial charge in [0.15, 0.2) is 0 Å². The average molecular weight is 378 g/mol. The molecule has 2 fully saturated rings. The smallest absolute Gasteiger partial charge is 0.0970 e. The van der Waals surface area contributed by atoms with Gasteiger partial charge in [0.05, 0.1) is 15.2 Å². The summed E-state index contributed by atoms with van der Waals surface area (Å²) in [6.07, 6.45) is 5.33. The van der Waals surface area contributed by atoms with E-state index in [-0.39, 0.29) is 0 Å². The highest BCUT2D eigenvalue weighted by Crippen LogP contribution is 2.44. The van der Waals surface area contributed by atoms with E-state index in [1.54, 1.807) is 0 Å². The van der Waals surface area contributed by atoms with Gasteiger partial charge in [0.1, 0.15) is 0 Å². The van der Waals surface area contributed by atoms with Crippen LogP contribution in [0.25, 0.3) is 21.3 Å². The molecule has 1 aromatic carbocycles. The van der Waals surface area contributed by atoms with Crippen LogP contribution in [0.1, 0.15) is 54.9 Å². The first-order valence-corrected chi connectivity index (χ1v) is 11.0. The molecule has 2 aliphatic rings. The highest BCUT2D eigenvalue weighted by atomic mass is 32.1. The molecule has 5 rings (SSSR count). The van der Waals surface area contributed by atoms with Crippen molar-refractivity contribution < 1.29 is 0 Å². The normalized spacial score (nSPS) is 25.8. The quantitative estimate of drug-likeness (QED) is 0.586. The van der Waals surface area contributed by atoms with Crippen molar-refractivity contribution in [3.63, 3.8) is 0 Å². The second-order valence-corrected chi connectivity index (χ2v) is 9.43. The first-order valence-electron chi connectivity index (χ1n) is 10.2. The molecule has 27 heavy (non-hydrogen) atoms. The number of pyridine rings is 1. The molecule has 0 spiro atoms. The van der Waals surface area contributed by atoms with Gasteiger partial charge in [-0.05, 0) is 76.8 Å². The van der Waals surface area contributed by atoms with Crippen molar-refractivity contribution >= 4 is 21.6 Å². The Morgan fingerprint density at radius 3 is 2.67 bits per heavy atom. The lowest BCUT2D eigenvalue weighted by molar-refractivity contribution is 0.103. The van der Waals surface area contributed by atoms with Crippen LogP contribution < -0.4 is 0 Å². The number of benzene rings is 1. The summed E-state index contributed by atoms with van der Waals surface area (Å²) in [6.45, 7) is 7.82. The van der Waals surface area contributed by atoms with Crippen LogP contribution in [0.4, 0.5) is 0 Å². The molecule has 1 saturated carbocycles. The van der Waals surface area contributed by atoms with E-state index in [2.05, 4.69) is 54.1 Å². The van der Waals surface area contributed by atoms with Crippen molar-refractivity contribution in [2.75, 3.05) is 6.54 Å². The summed E-state index contributed by atoms with van der Waals surface area (Å²) < 4.78 is 1.31. The molecule has 140 valence electrons. The van der Waals surface area contributed by atoms with Crippen molar-refractivity contribution in [3.8, 4) is 11.1 Å². The lowest BCUT2D eigenvalue weighted by Crippen LogP contribution is -2.45. The molecule has 1 aliphatic carbocycles. The minimum atomic E-state index is 0.659. The standard InChI is InChI=1S/C23H27N3S/c1-14-6-8-20(16(3)24-14)17-7-9-22-21(13-17)25-23(27-22)18-11-19(12-18)26-10-4-5-15(26)2/h6-9,13,15,18-19H,4-5,10-12H2,1-3H3/t15?,18-,19-. The van der Waals surface area contributed by atoms with Gasteiger partial charge in [0.2, 0.25) is 0 Å². The van der Waals surface area contributed by atoms with E-state index < -0.39 is 0 Å². The van der Waals surface area contributed by atoms with Crippen molar-refractivity contribution in [2.45, 2.75) is 64.5 Å². The van der Waals surface area contributed by atoms with E-state index in [1.807, 2.05) is 18.3 Å². The molecular weight excluding hydrogens is 350 g/mol. The first kappa shape index (κ1) is 17.3. The Balaban J connectivity index is 1.37. The topological polar surface area (TPSA) is 29.0 Å². The number of likely N-dealkylation sites (tertiary alicyclic amines) is 1. The average Bonchev–Trinajstić information content (AvgIpc) is 3.19. The summed E-state index contributed by atoms with van der Waals surface area (Å²) in [7, 11) is 0. The van der Waals surface area contributed by atoms with Gasteiger partial charge in [-0.15, -0.1) is 11.3 Å². The van der Waals surface area contributed by atoms with Gasteiger partial charge in [-0.25, -0.2) is 4.98 Å². The predicted octanol–water partition coefficient (Wildman–Crippen LogP) is 5.71. The number of aryl methyl sites for hydroxylation is 2. The van der Waals surface area contributed by atoms with Crippen molar-refractivity contribution in [2.24, 2.45) is 0 Å². The van der Waals surface area contributed by atoms with Crippen LogP contribution in [0.2, 0.25) is 0 Å². The molecule has 2 aromatic heterocycles. The third kappa shape index (κ3) is 3.09. The fraction of sp³-hybridized carbons (Fsp3) is 0.478. The highest BCUT2D eigenvalue weighted by Gasteiger charge is 2.39. The number of thiazole rings is 1. The van der Waals surface area contributed by atoms with Gasteiger partial charge >= 0.3 is 0 Å². The van der Waals surface area contributed by atoms with E-state index >= 15 is 0 Å². The van der Waals surface area contributed by atoms with E-state index in [4.69, 9.17) is 4.98 Å². The second kappa shape index (κ2) is 6.68. The molecule has 0 radical (unpaired) electrons. The van der Waals surface area contributed by atoms with Crippen LogP contribution in [0.3, 0.4) is 0 Å². The van der Waals surface area contributed by atoms with Crippen LogP contribution in [-0.2, 0) is 0 Å². The maximum absolute atomic E-state index is 5.03. The number of hydrogen-bond donors (Lipinski definition) is 0. The van der Waals surface area contributed by atoms with Gasteiger partial charge in [0, 0.05) is 35.0 Å². The van der Waals surface area contributed by atoms with Crippen LogP contribution in [0, 0.1) is 13.8 Å². The zero-order valence-corrected chi connectivity index (χ0v) is 17.2. The number of aromatic nitrogens is 2. The van der Waals surface area contributed by atoms with Crippen LogP contribution in [-0.4, -0.2) is 33.5 Å². The lowest BCUT2D eigenvalue weighted by atomic mass is 9.79. The van der Waals surface area contributed by atoms with E-state index in [9.17, 15) is 0 Å². The molecule has 0 amide bonds. The molecule has 3 heterocycles. The lowest BCUT2D eigenvalue weighted by Gasteiger charge is -2.42. The third-order valence-corrected chi connectivity index (χ3v) is 7.67. The SMILES string of the molecule is Cc1ccc(-c2ccc3sc([C@H]4C[C@H](N5CCCC5C)C4)nc3c2)c(C)n1. The largest absolute Gasteiger partial charge is 0.298 e. The first-order chi connectivity index (χ1) is 13.1. The van der Waals surface area contributed by atoms with Gasteiger partial charge in [-0.1, -0.05) is 12.1 Å². The molecule has 3 nitrogen and oxygen atoms in total. The maximum atomic E-state index is 5.03. The molecule has 1 saturated heterocycles. The Bertz CT molecular complexity index is 986. The zero-order chi connectivity index (χ0) is 18.5. The summed E-state index contributed by atoms with van der Waals surface area (Å²) in [6, 6.07) is 12.5. The Hall–Kier alpha value is -1.78. The molecule has 1 atom stereocenters.